The molecule has 0 saturated heterocycles. The van der Waals surface area contributed by atoms with Crippen LogP contribution in [0.15, 0.2) is 24.3 Å². The lowest BCUT2D eigenvalue weighted by Gasteiger charge is -2.21. The molecular weight excluding hydrogens is 273 g/mol. The number of nitrogens with zero attached hydrogens (tertiary/aromatic N) is 2. The fraction of sp³-hybridized carbons (Fsp3) is 0.385. The standard InChI is InChI=1S/C13H13F3N2O2/c1-18(8-11(6-17)13(14,15)16)7-9-2-4-10(5-3-9)12(19)20/h2-5,11H,7-8H2,1H3,(H,19,20). The molecule has 1 N–H and O–H groups in total. The van der Waals surface area contributed by atoms with E-state index >= 15 is 0 Å². The first kappa shape index (κ1) is 16.0. The van der Waals surface area contributed by atoms with Crippen molar-refractivity contribution in [3.05, 3.63) is 35.4 Å². The Morgan fingerprint density at radius 3 is 2.35 bits per heavy atom. The number of hydrogen-bond donors (Lipinski definition) is 1. The van der Waals surface area contributed by atoms with E-state index in [9.17, 15) is 18.0 Å². The molecule has 4 nitrogen and oxygen atoms in total. The number of halogens is 3. The Hall–Kier alpha value is -2.07. The van der Waals surface area contributed by atoms with Gasteiger partial charge in [0.2, 0.25) is 0 Å². The zero-order chi connectivity index (χ0) is 15.3. The predicted octanol–water partition coefficient (Wildman–Crippen LogP) is 2.52. The molecule has 1 atom stereocenters. The van der Waals surface area contributed by atoms with E-state index in [1.165, 1.54) is 42.3 Å². The van der Waals surface area contributed by atoms with E-state index in [0.29, 0.717) is 5.56 Å². The summed E-state index contributed by atoms with van der Waals surface area (Å²) in [6, 6.07) is 7.08. The van der Waals surface area contributed by atoms with Crippen LogP contribution in [0, 0.1) is 17.2 Å². The van der Waals surface area contributed by atoms with Crippen LogP contribution < -0.4 is 0 Å². The van der Waals surface area contributed by atoms with Crippen LogP contribution >= 0.6 is 0 Å². The zero-order valence-corrected chi connectivity index (χ0v) is 10.7. The summed E-state index contributed by atoms with van der Waals surface area (Å²) in [6.07, 6.45) is -4.55. The van der Waals surface area contributed by atoms with E-state index in [2.05, 4.69) is 0 Å². The minimum atomic E-state index is -4.55. The van der Waals surface area contributed by atoms with Crippen molar-refractivity contribution in [3.8, 4) is 6.07 Å². The van der Waals surface area contributed by atoms with E-state index < -0.39 is 24.6 Å². The Morgan fingerprint density at radius 1 is 1.40 bits per heavy atom. The van der Waals surface area contributed by atoms with Crippen molar-refractivity contribution in [2.24, 2.45) is 5.92 Å². The Bertz CT molecular complexity index is 506. The topological polar surface area (TPSA) is 64.3 Å². The van der Waals surface area contributed by atoms with Gasteiger partial charge in [-0.3, -0.25) is 0 Å². The van der Waals surface area contributed by atoms with E-state index in [1.54, 1.807) is 0 Å². The molecule has 0 saturated carbocycles. The Balaban J connectivity index is 2.64. The maximum Gasteiger partial charge on any atom is 0.405 e. The van der Waals surface area contributed by atoms with Crippen molar-refractivity contribution < 1.29 is 23.1 Å². The van der Waals surface area contributed by atoms with Crippen LogP contribution in [0.3, 0.4) is 0 Å². The summed E-state index contributed by atoms with van der Waals surface area (Å²) in [5.74, 6) is -3.10. The Kier molecular flexibility index (Phi) is 5.11. The van der Waals surface area contributed by atoms with Crippen molar-refractivity contribution in [3.63, 3.8) is 0 Å². The third-order valence-corrected chi connectivity index (χ3v) is 2.70. The van der Waals surface area contributed by atoms with Gasteiger partial charge < -0.3 is 10.0 Å². The summed E-state index contributed by atoms with van der Waals surface area (Å²) in [5, 5.41) is 17.2. The first-order valence-electron chi connectivity index (χ1n) is 5.71. The highest BCUT2D eigenvalue weighted by molar-refractivity contribution is 5.87. The number of hydrogen-bond acceptors (Lipinski definition) is 3. The summed E-state index contributed by atoms with van der Waals surface area (Å²) in [6.45, 7) is -0.227. The fourth-order valence-electron chi connectivity index (χ4n) is 1.66. The normalized spacial score (nSPS) is 13.0. The molecule has 0 aliphatic carbocycles. The van der Waals surface area contributed by atoms with Crippen LogP contribution in [-0.4, -0.2) is 35.7 Å². The SMILES string of the molecule is CN(Cc1ccc(C(=O)O)cc1)CC(C#N)C(F)(F)F. The first-order valence-corrected chi connectivity index (χ1v) is 5.71. The number of carbonyl (C=O) groups is 1. The van der Waals surface area contributed by atoms with E-state index in [1.807, 2.05) is 0 Å². The van der Waals surface area contributed by atoms with Gasteiger partial charge in [-0.1, -0.05) is 12.1 Å². The quantitative estimate of drug-likeness (QED) is 0.903. The average molecular weight is 286 g/mol. The molecule has 1 unspecified atom stereocenters. The van der Waals surface area contributed by atoms with Gasteiger partial charge in [0.15, 0.2) is 5.92 Å². The van der Waals surface area contributed by atoms with Gasteiger partial charge in [0.1, 0.15) is 0 Å². The number of alkyl halides is 3. The molecule has 0 aromatic heterocycles. The smallest absolute Gasteiger partial charge is 0.405 e. The second-order valence-electron chi connectivity index (χ2n) is 4.42. The van der Waals surface area contributed by atoms with Crippen LogP contribution in [-0.2, 0) is 6.54 Å². The summed E-state index contributed by atoms with van der Waals surface area (Å²) >= 11 is 0. The molecule has 0 fully saturated rings. The van der Waals surface area contributed by atoms with E-state index in [0.717, 1.165) is 0 Å². The molecule has 0 aliphatic rings. The number of benzene rings is 1. The monoisotopic (exact) mass is 286 g/mol. The summed E-state index contributed by atoms with van der Waals surface area (Å²) in [7, 11) is 1.47. The molecule has 0 bridgehead atoms. The second kappa shape index (κ2) is 6.39. The van der Waals surface area contributed by atoms with Crippen LogP contribution in [0.1, 0.15) is 15.9 Å². The van der Waals surface area contributed by atoms with Crippen molar-refractivity contribution in [1.29, 1.82) is 5.26 Å². The number of aromatic carboxylic acids is 1. The Labute approximate surface area is 114 Å². The molecule has 108 valence electrons. The van der Waals surface area contributed by atoms with Gasteiger partial charge in [-0.15, -0.1) is 0 Å². The molecular formula is C13H13F3N2O2. The lowest BCUT2D eigenvalue weighted by molar-refractivity contribution is -0.162. The molecule has 0 heterocycles. The van der Waals surface area contributed by atoms with Crippen LogP contribution in [0.25, 0.3) is 0 Å². The van der Waals surface area contributed by atoms with Gasteiger partial charge in [-0.05, 0) is 24.7 Å². The lowest BCUT2D eigenvalue weighted by Crippen LogP contribution is -2.33. The molecule has 0 spiro atoms. The minimum absolute atomic E-state index is 0.113. The fourth-order valence-corrected chi connectivity index (χ4v) is 1.66. The maximum atomic E-state index is 12.4. The average Bonchev–Trinajstić information content (AvgIpc) is 2.35. The van der Waals surface area contributed by atoms with Crippen molar-refractivity contribution in [2.45, 2.75) is 12.7 Å². The lowest BCUT2D eigenvalue weighted by atomic mass is 10.1. The maximum absolute atomic E-state index is 12.4. The van der Waals surface area contributed by atoms with Crippen LogP contribution in [0.4, 0.5) is 13.2 Å². The highest BCUT2D eigenvalue weighted by Crippen LogP contribution is 2.26. The van der Waals surface area contributed by atoms with Gasteiger partial charge >= 0.3 is 12.1 Å². The molecule has 0 radical (unpaired) electrons. The number of carboxylic acid groups (broad SMARTS) is 1. The van der Waals surface area contributed by atoms with Crippen LogP contribution in [0.2, 0.25) is 0 Å². The molecule has 7 heteroatoms. The van der Waals surface area contributed by atoms with Gasteiger partial charge in [-0.2, -0.15) is 18.4 Å². The number of carboxylic acids is 1. The molecule has 20 heavy (non-hydrogen) atoms. The Morgan fingerprint density at radius 2 is 1.95 bits per heavy atom. The summed E-state index contributed by atoms with van der Waals surface area (Å²) in [5.41, 5.74) is 0.790. The van der Waals surface area contributed by atoms with E-state index in [-0.39, 0.29) is 12.1 Å². The zero-order valence-electron chi connectivity index (χ0n) is 10.7. The molecule has 0 aliphatic heterocycles. The van der Waals surface area contributed by atoms with E-state index in [4.69, 9.17) is 10.4 Å². The van der Waals surface area contributed by atoms with Crippen LogP contribution in [0.5, 0.6) is 0 Å². The summed E-state index contributed by atoms with van der Waals surface area (Å²) in [4.78, 5) is 12.0. The molecule has 1 aromatic rings. The summed E-state index contributed by atoms with van der Waals surface area (Å²) < 4.78 is 37.3. The number of rotatable bonds is 5. The van der Waals surface area contributed by atoms with Crippen molar-refractivity contribution in [1.82, 2.24) is 4.90 Å². The molecule has 1 rings (SSSR count). The van der Waals surface area contributed by atoms with Gasteiger partial charge in [0.05, 0.1) is 11.6 Å². The molecule has 0 amide bonds. The minimum Gasteiger partial charge on any atom is -0.478 e. The van der Waals surface area contributed by atoms with Gasteiger partial charge in [0, 0.05) is 13.1 Å². The van der Waals surface area contributed by atoms with Crippen molar-refractivity contribution >= 4 is 5.97 Å². The number of nitriles is 1. The largest absolute Gasteiger partial charge is 0.478 e. The van der Waals surface area contributed by atoms with Gasteiger partial charge in [-0.25, -0.2) is 4.79 Å². The molecule has 1 aromatic carbocycles. The third-order valence-electron chi connectivity index (χ3n) is 2.70. The van der Waals surface area contributed by atoms with Crippen molar-refractivity contribution in [2.75, 3.05) is 13.6 Å². The highest BCUT2D eigenvalue weighted by Gasteiger charge is 2.40. The second-order valence-corrected chi connectivity index (χ2v) is 4.42. The van der Waals surface area contributed by atoms with Gasteiger partial charge in [0.25, 0.3) is 0 Å². The predicted molar refractivity (Wildman–Crippen MR) is 64.9 cm³/mol. The third kappa shape index (κ3) is 4.55. The highest BCUT2D eigenvalue weighted by atomic mass is 19.4. The first-order chi connectivity index (χ1) is 9.24.